The average Bonchev–Trinajstić information content (AvgIpc) is 3.00. The number of halogens is 1. The van der Waals surface area contributed by atoms with Crippen LogP contribution in [0.15, 0.2) is 54.6 Å². The number of hydrogen-bond acceptors (Lipinski definition) is 5. The van der Waals surface area contributed by atoms with E-state index in [0.717, 1.165) is 0 Å². The van der Waals surface area contributed by atoms with Crippen molar-refractivity contribution in [3.05, 3.63) is 70.7 Å². The highest BCUT2D eigenvalue weighted by Gasteiger charge is 2.32. The van der Waals surface area contributed by atoms with Gasteiger partial charge in [-0.3, -0.25) is 14.9 Å². The zero-order valence-electron chi connectivity index (χ0n) is 14.4. The largest absolute Gasteiger partial charge is 0.330 e. The zero-order chi connectivity index (χ0) is 19.4. The fourth-order valence-corrected chi connectivity index (χ4v) is 4.74. The molecule has 0 unspecified atom stereocenters. The third-order valence-corrected chi connectivity index (χ3v) is 6.36. The number of Topliss-reactive ketones (excluding diaryl/α,β-unsaturated/α-hetero) is 1. The maximum absolute atomic E-state index is 12.9. The molecule has 2 atom stereocenters. The Hall–Kier alpha value is -2.22. The Kier molecular flexibility index (Phi) is 5.94. The van der Waals surface area contributed by atoms with E-state index in [0.29, 0.717) is 22.6 Å². The van der Waals surface area contributed by atoms with Crippen LogP contribution in [0, 0.1) is 0 Å². The minimum atomic E-state index is -3.12. The fourth-order valence-electron chi connectivity index (χ4n) is 2.93. The summed E-state index contributed by atoms with van der Waals surface area (Å²) in [6.07, 6.45) is -0.633. The first-order valence-corrected chi connectivity index (χ1v) is 10.7. The summed E-state index contributed by atoms with van der Waals surface area (Å²) < 4.78 is 23.4. The second-order valence-corrected chi connectivity index (χ2v) is 9.08. The van der Waals surface area contributed by atoms with E-state index in [2.05, 4.69) is 10.6 Å². The molecule has 2 aromatic rings. The summed E-state index contributed by atoms with van der Waals surface area (Å²) in [6.45, 7) is 0. The molecule has 3 rings (SSSR count). The number of rotatable bonds is 6. The van der Waals surface area contributed by atoms with Crippen LogP contribution in [0.5, 0.6) is 0 Å². The molecular weight excluding hydrogens is 388 g/mol. The number of sulfone groups is 1. The van der Waals surface area contributed by atoms with Crippen molar-refractivity contribution in [3.8, 4) is 0 Å². The Morgan fingerprint density at radius 1 is 1.00 bits per heavy atom. The molecule has 1 heterocycles. The van der Waals surface area contributed by atoms with Gasteiger partial charge in [-0.05, 0) is 30.7 Å². The Morgan fingerprint density at radius 2 is 1.67 bits per heavy atom. The molecule has 0 bridgehead atoms. The second kappa shape index (κ2) is 8.21. The van der Waals surface area contributed by atoms with Crippen LogP contribution in [0.1, 0.15) is 27.1 Å². The van der Waals surface area contributed by atoms with Crippen molar-refractivity contribution in [2.24, 2.45) is 0 Å². The molecule has 0 spiro atoms. The molecule has 8 heteroatoms. The topological polar surface area (TPSA) is 92.3 Å². The van der Waals surface area contributed by atoms with Crippen LogP contribution in [-0.2, 0) is 9.84 Å². The highest BCUT2D eigenvalue weighted by atomic mass is 35.5. The van der Waals surface area contributed by atoms with Gasteiger partial charge in [0, 0.05) is 22.2 Å². The lowest BCUT2D eigenvalue weighted by Gasteiger charge is -2.22. The zero-order valence-corrected chi connectivity index (χ0v) is 16.0. The summed E-state index contributed by atoms with van der Waals surface area (Å²) in [6, 6.07) is 14.4. The minimum absolute atomic E-state index is 0.0532. The third-order valence-electron chi connectivity index (χ3n) is 4.34. The van der Waals surface area contributed by atoms with Crippen molar-refractivity contribution in [3.63, 3.8) is 0 Å². The second-order valence-electron chi connectivity index (χ2n) is 6.41. The molecule has 27 heavy (non-hydrogen) atoms. The molecular formula is C19H19ClN2O4S. The summed E-state index contributed by atoms with van der Waals surface area (Å²) in [5.74, 6) is -0.763. The first-order chi connectivity index (χ1) is 12.8. The molecule has 0 aromatic heterocycles. The SMILES string of the molecule is O=C(N[C@H](N[C@H]1CCS(=O)(=O)C1)C(=O)c1ccccc1)c1ccc(Cl)cc1. The minimum Gasteiger partial charge on any atom is -0.330 e. The number of nitrogens with one attached hydrogen (secondary N) is 2. The summed E-state index contributed by atoms with van der Waals surface area (Å²) in [5, 5.41) is 6.16. The van der Waals surface area contributed by atoms with Gasteiger partial charge in [-0.1, -0.05) is 41.9 Å². The Morgan fingerprint density at radius 3 is 2.26 bits per heavy atom. The van der Waals surface area contributed by atoms with E-state index in [9.17, 15) is 18.0 Å². The van der Waals surface area contributed by atoms with Gasteiger partial charge in [0.2, 0.25) is 0 Å². The first-order valence-electron chi connectivity index (χ1n) is 8.46. The number of ketones is 1. The first kappa shape index (κ1) is 19.5. The molecule has 0 saturated carbocycles. The van der Waals surface area contributed by atoms with Crippen LogP contribution < -0.4 is 10.6 Å². The van der Waals surface area contributed by atoms with Crippen LogP contribution in [0.3, 0.4) is 0 Å². The number of carbonyl (C=O) groups is 2. The predicted molar refractivity (Wildman–Crippen MR) is 104 cm³/mol. The summed E-state index contributed by atoms with van der Waals surface area (Å²) >= 11 is 5.84. The van der Waals surface area contributed by atoms with Gasteiger partial charge in [-0.15, -0.1) is 0 Å². The van der Waals surface area contributed by atoms with E-state index in [-0.39, 0.29) is 17.3 Å². The van der Waals surface area contributed by atoms with Gasteiger partial charge >= 0.3 is 0 Å². The van der Waals surface area contributed by atoms with Crippen LogP contribution >= 0.6 is 11.6 Å². The van der Waals surface area contributed by atoms with Crippen molar-refractivity contribution in [1.82, 2.24) is 10.6 Å². The summed E-state index contributed by atoms with van der Waals surface area (Å²) in [4.78, 5) is 25.4. The number of amides is 1. The maximum atomic E-state index is 12.9. The molecule has 1 saturated heterocycles. The van der Waals surface area contributed by atoms with Crippen molar-refractivity contribution >= 4 is 33.1 Å². The van der Waals surface area contributed by atoms with Crippen LogP contribution in [0.2, 0.25) is 5.02 Å². The normalized spacial score (nSPS) is 19.4. The highest BCUT2D eigenvalue weighted by Crippen LogP contribution is 2.14. The maximum Gasteiger partial charge on any atom is 0.252 e. The quantitative estimate of drug-likeness (QED) is 0.565. The highest BCUT2D eigenvalue weighted by molar-refractivity contribution is 7.91. The van der Waals surface area contributed by atoms with Gasteiger partial charge in [-0.25, -0.2) is 8.42 Å². The van der Waals surface area contributed by atoms with Crippen molar-refractivity contribution < 1.29 is 18.0 Å². The lowest BCUT2D eigenvalue weighted by Crippen LogP contribution is -2.54. The van der Waals surface area contributed by atoms with Gasteiger partial charge in [0.05, 0.1) is 11.5 Å². The van der Waals surface area contributed by atoms with Crippen molar-refractivity contribution in [2.45, 2.75) is 18.6 Å². The molecule has 0 aliphatic carbocycles. The molecule has 1 aliphatic heterocycles. The molecule has 1 fully saturated rings. The molecule has 1 aliphatic rings. The van der Waals surface area contributed by atoms with Gasteiger partial charge in [0.25, 0.3) is 5.91 Å². The van der Waals surface area contributed by atoms with E-state index < -0.39 is 28.0 Å². The lowest BCUT2D eigenvalue weighted by molar-refractivity contribution is 0.0831. The van der Waals surface area contributed by atoms with E-state index in [1.54, 1.807) is 54.6 Å². The van der Waals surface area contributed by atoms with E-state index in [4.69, 9.17) is 11.6 Å². The molecule has 142 valence electrons. The summed E-state index contributed by atoms with van der Waals surface area (Å²) in [7, 11) is -3.12. The van der Waals surface area contributed by atoms with Crippen LogP contribution in [0.25, 0.3) is 0 Å². The van der Waals surface area contributed by atoms with E-state index in [1.165, 1.54) is 0 Å². The standard InChI is InChI=1S/C19H19ClN2O4S/c20-15-8-6-14(7-9-15)19(24)22-18(17(23)13-4-2-1-3-5-13)21-16-10-11-27(25,26)12-16/h1-9,16,18,21H,10-12H2,(H,22,24)/t16-,18-/m0/s1. The van der Waals surface area contributed by atoms with Crippen LogP contribution in [-0.4, -0.2) is 43.8 Å². The van der Waals surface area contributed by atoms with Gasteiger partial charge in [0.1, 0.15) is 6.17 Å². The summed E-state index contributed by atoms with van der Waals surface area (Å²) in [5.41, 5.74) is 0.776. The van der Waals surface area contributed by atoms with Gasteiger partial charge in [-0.2, -0.15) is 0 Å². The Balaban J connectivity index is 1.79. The molecule has 6 nitrogen and oxygen atoms in total. The molecule has 1 amide bonds. The third kappa shape index (κ3) is 5.15. The number of benzene rings is 2. The van der Waals surface area contributed by atoms with E-state index >= 15 is 0 Å². The Bertz CT molecular complexity index is 930. The average molecular weight is 407 g/mol. The van der Waals surface area contributed by atoms with Gasteiger partial charge in [0.15, 0.2) is 15.6 Å². The number of hydrogen-bond donors (Lipinski definition) is 2. The van der Waals surface area contributed by atoms with Gasteiger partial charge < -0.3 is 5.32 Å². The van der Waals surface area contributed by atoms with Crippen molar-refractivity contribution in [2.75, 3.05) is 11.5 Å². The monoisotopic (exact) mass is 406 g/mol. The van der Waals surface area contributed by atoms with Crippen molar-refractivity contribution in [1.29, 1.82) is 0 Å². The molecule has 2 N–H and O–H groups in total. The molecule has 2 aromatic carbocycles. The Labute approximate surface area is 162 Å². The fraction of sp³-hybridized carbons (Fsp3) is 0.263. The van der Waals surface area contributed by atoms with E-state index in [1.807, 2.05) is 0 Å². The predicted octanol–water partition coefficient (Wildman–Crippen LogP) is 2.06. The smallest absolute Gasteiger partial charge is 0.252 e. The molecule has 0 radical (unpaired) electrons. The van der Waals surface area contributed by atoms with Crippen LogP contribution in [0.4, 0.5) is 0 Å². The lowest BCUT2D eigenvalue weighted by atomic mass is 10.1. The number of carbonyl (C=O) groups excluding carboxylic acids is 2.